The van der Waals surface area contributed by atoms with Gasteiger partial charge < -0.3 is 5.73 Å². The number of hydrogen-bond acceptors (Lipinski definition) is 6. The van der Waals surface area contributed by atoms with Crippen LogP contribution in [0.4, 0.5) is 5.82 Å². The third-order valence-corrected chi connectivity index (χ3v) is 5.75. The number of hydrazine groups is 1. The number of aromatic nitrogens is 3. The summed E-state index contributed by atoms with van der Waals surface area (Å²) in [5.74, 6) is 0.528. The maximum absolute atomic E-state index is 11.5. The monoisotopic (exact) mass is 432 g/mol. The molecule has 1 atom stereocenters. The second kappa shape index (κ2) is 6.59. The van der Waals surface area contributed by atoms with Crippen LogP contribution in [0.3, 0.4) is 0 Å². The van der Waals surface area contributed by atoms with Crippen molar-refractivity contribution in [3.8, 4) is 0 Å². The summed E-state index contributed by atoms with van der Waals surface area (Å²) in [4.78, 5) is 20.2. The molecule has 9 heteroatoms. The van der Waals surface area contributed by atoms with E-state index in [0.717, 1.165) is 36.2 Å². The molecule has 7 nitrogen and oxygen atoms in total. The Balaban J connectivity index is 1.90. The molecule has 0 bridgehead atoms. The number of halogens is 1. The van der Waals surface area contributed by atoms with E-state index in [1.165, 1.54) is 0 Å². The number of fused-ring (bicyclic) bond motifs is 1. The average molecular weight is 432 g/mol. The van der Waals surface area contributed by atoms with Crippen molar-refractivity contribution in [1.29, 1.82) is 0 Å². The van der Waals surface area contributed by atoms with E-state index >= 15 is 0 Å². The molecule has 118 valence electrons. The molecular formula is C13H17IN6OS. The SMILES string of the molecule is CN(c1ncnc2c1ccn2SI)N1CCCC(C(N)=O)C1. The molecule has 1 unspecified atom stereocenters. The van der Waals surface area contributed by atoms with E-state index in [1.807, 2.05) is 28.3 Å². The van der Waals surface area contributed by atoms with Gasteiger partial charge in [-0.1, -0.05) is 0 Å². The van der Waals surface area contributed by atoms with Gasteiger partial charge in [0.05, 0.1) is 11.3 Å². The number of anilines is 1. The lowest BCUT2D eigenvalue weighted by atomic mass is 9.99. The van der Waals surface area contributed by atoms with Crippen LogP contribution in [0, 0.1) is 5.92 Å². The van der Waals surface area contributed by atoms with Gasteiger partial charge in [-0.3, -0.25) is 13.8 Å². The van der Waals surface area contributed by atoms with Crippen LogP contribution in [0.25, 0.3) is 11.0 Å². The zero-order valence-corrected chi connectivity index (χ0v) is 15.1. The van der Waals surface area contributed by atoms with Crippen molar-refractivity contribution in [3.63, 3.8) is 0 Å². The van der Waals surface area contributed by atoms with Crippen molar-refractivity contribution < 1.29 is 4.79 Å². The highest BCUT2D eigenvalue weighted by Gasteiger charge is 2.27. The summed E-state index contributed by atoms with van der Waals surface area (Å²) in [6.07, 6.45) is 5.38. The topological polar surface area (TPSA) is 80.3 Å². The summed E-state index contributed by atoms with van der Waals surface area (Å²) in [5.41, 5.74) is 6.35. The summed E-state index contributed by atoms with van der Waals surface area (Å²) in [6.45, 7) is 1.53. The standard InChI is InChI=1S/C13H17IN6OS/c1-18(19-5-2-3-9(7-19)11(15)21)12-10-4-6-20(22-14)13(10)17-8-16-12/h4,6,8-9H,2-3,5,7H2,1H3,(H2,15,21). The lowest BCUT2D eigenvalue weighted by molar-refractivity contribution is -0.123. The first-order valence-electron chi connectivity index (χ1n) is 7.01. The second-order valence-corrected chi connectivity index (χ2v) is 7.04. The van der Waals surface area contributed by atoms with Crippen molar-refractivity contribution in [2.45, 2.75) is 12.8 Å². The molecule has 3 heterocycles. The lowest BCUT2D eigenvalue weighted by Crippen LogP contribution is -2.49. The Labute approximate surface area is 144 Å². The minimum atomic E-state index is -0.224. The molecule has 2 N–H and O–H groups in total. The normalized spacial score (nSPS) is 19.5. The Morgan fingerprint density at radius 2 is 2.36 bits per heavy atom. The largest absolute Gasteiger partial charge is 0.369 e. The first-order valence-corrected chi connectivity index (χ1v) is 10.3. The van der Waals surface area contributed by atoms with Gasteiger partial charge in [0.1, 0.15) is 6.33 Å². The average Bonchev–Trinajstić information content (AvgIpc) is 2.97. The number of primary amides is 1. The predicted molar refractivity (Wildman–Crippen MR) is 96.4 cm³/mol. The Hall–Kier alpha value is -1.07. The van der Waals surface area contributed by atoms with Gasteiger partial charge in [-0.15, -0.1) is 0 Å². The van der Waals surface area contributed by atoms with Gasteiger partial charge in [-0.05, 0) is 18.9 Å². The van der Waals surface area contributed by atoms with Crippen LogP contribution in [0.5, 0.6) is 0 Å². The van der Waals surface area contributed by atoms with E-state index in [4.69, 9.17) is 5.73 Å². The van der Waals surface area contributed by atoms with Gasteiger partial charge in [0.25, 0.3) is 0 Å². The molecule has 0 aliphatic carbocycles. The summed E-state index contributed by atoms with van der Waals surface area (Å²) >= 11 is 2.22. The Kier molecular flexibility index (Phi) is 4.73. The highest BCUT2D eigenvalue weighted by atomic mass is 127. The molecule has 1 fully saturated rings. The quantitative estimate of drug-likeness (QED) is 0.743. The highest BCUT2D eigenvalue weighted by Crippen LogP contribution is 2.29. The fourth-order valence-electron chi connectivity index (χ4n) is 2.82. The molecule has 1 saturated heterocycles. The van der Waals surface area contributed by atoms with Gasteiger partial charge in [-0.25, -0.2) is 15.0 Å². The molecule has 0 saturated carbocycles. The third-order valence-electron chi connectivity index (χ3n) is 4.03. The summed E-state index contributed by atoms with van der Waals surface area (Å²) < 4.78 is 2.00. The van der Waals surface area contributed by atoms with Crippen molar-refractivity contribution in [2.24, 2.45) is 11.7 Å². The maximum Gasteiger partial charge on any atom is 0.221 e. The summed E-state index contributed by atoms with van der Waals surface area (Å²) in [6, 6.07) is 2.02. The smallest absolute Gasteiger partial charge is 0.221 e. The molecule has 0 spiro atoms. The Bertz CT molecular complexity index is 692. The van der Waals surface area contributed by atoms with Gasteiger partial charge in [0.2, 0.25) is 5.91 Å². The highest BCUT2D eigenvalue weighted by molar-refractivity contribution is 14.2. The van der Waals surface area contributed by atoms with E-state index in [9.17, 15) is 4.79 Å². The van der Waals surface area contributed by atoms with Crippen molar-refractivity contribution in [1.82, 2.24) is 18.9 Å². The van der Waals surface area contributed by atoms with Gasteiger partial charge >= 0.3 is 0 Å². The molecule has 0 radical (unpaired) electrons. The van der Waals surface area contributed by atoms with Crippen LogP contribution >= 0.6 is 30.3 Å². The van der Waals surface area contributed by atoms with Crippen molar-refractivity contribution in [3.05, 3.63) is 18.6 Å². The molecule has 3 rings (SSSR count). The van der Waals surface area contributed by atoms with Gasteiger partial charge in [-0.2, -0.15) is 0 Å². The number of hydrogen-bond donors (Lipinski definition) is 1. The van der Waals surface area contributed by atoms with Crippen molar-refractivity contribution in [2.75, 3.05) is 25.1 Å². The predicted octanol–water partition coefficient (Wildman–Crippen LogP) is 1.83. The minimum absolute atomic E-state index is 0.0944. The fraction of sp³-hybridized carbons (Fsp3) is 0.462. The molecule has 1 amide bonds. The van der Waals surface area contributed by atoms with Crippen LogP contribution < -0.4 is 10.7 Å². The zero-order valence-electron chi connectivity index (χ0n) is 12.1. The summed E-state index contributed by atoms with van der Waals surface area (Å²) in [5, 5.41) is 5.15. The Morgan fingerprint density at radius 1 is 1.55 bits per heavy atom. The number of carbonyl (C=O) groups excluding carboxylic acids is 1. The molecule has 2 aromatic heterocycles. The molecule has 1 aliphatic heterocycles. The van der Waals surface area contributed by atoms with Gasteiger partial charge in [0.15, 0.2) is 11.5 Å². The van der Waals surface area contributed by atoms with Crippen molar-refractivity contribution >= 4 is 53.1 Å². The number of piperidine rings is 1. The number of carbonyl (C=O) groups is 1. The van der Waals surface area contributed by atoms with Crippen LogP contribution in [0.1, 0.15) is 12.8 Å². The molecule has 2 aromatic rings. The molecule has 22 heavy (non-hydrogen) atoms. The number of nitrogens with zero attached hydrogens (tertiary/aromatic N) is 5. The van der Waals surface area contributed by atoms with E-state index in [2.05, 4.69) is 36.2 Å². The van der Waals surface area contributed by atoms with E-state index in [-0.39, 0.29) is 11.8 Å². The van der Waals surface area contributed by atoms with E-state index < -0.39 is 0 Å². The van der Waals surface area contributed by atoms with Crippen LogP contribution in [0.15, 0.2) is 18.6 Å². The molecule has 1 aliphatic rings. The number of nitrogens with two attached hydrogens (primary N) is 1. The zero-order chi connectivity index (χ0) is 15.7. The second-order valence-electron chi connectivity index (χ2n) is 5.32. The minimum Gasteiger partial charge on any atom is -0.369 e. The first kappa shape index (κ1) is 15.8. The summed E-state index contributed by atoms with van der Waals surface area (Å²) in [7, 11) is 3.54. The van der Waals surface area contributed by atoms with E-state index in [0.29, 0.717) is 6.54 Å². The van der Waals surface area contributed by atoms with Crippen LogP contribution in [0.2, 0.25) is 0 Å². The van der Waals surface area contributed by atoms with E-state index in [1.54, 1.807) is 15.4 Å². The number of amides is 1. The van der Waals surface area contributed by atoms with Crippen LogP contribution in [-0.4, -0.2) is 45.0 Å². The third kappa shape index (κ3) is 2.88. The maximum atomic E-state index is 11.5. The molecule has 0 aromatic carbocycles. The molecular weight excluding hydrogens is 415 g/mol. The van der Waals surface area contributed by atoms with Crippen LogP contribution in [-0.2, 0) is 4.79 Å². The van der Waals surface area contributed by atoms with Gasteiger partial charge in [0, 0.05) is 56.7 Å². The number of rotatable bonds is 4. The first-order chi connectivity index (χ1) is 10.6. The Morgan fingerprint density at radius 3 is 3.09 bits per heavy atom. The lowest BCUT2D eigenvalue weighted by Gasteiger charge is -2.38. The fourth-order valence-corrected chi connectivity index (χ4v) is 4.10.